The Hall–Kier alpha value is -1.93. The Morgan fingerprint density at radius 2 is 1.89 bits per heavy atom. The van der Waals surface area contributed by atoms with Crippen molar-refractivity contribution in [3.05, 3.63) is 64.0 Å². The van der Waals surface area contributed by atoms with Gasteiger partial charge in [-0.1, -0.05) is 49.1 Å². The van der Waals surface area contributed by atoms with Crippen LogP contribution in [0.3, 0.4) is 0 Å². The van der Waals surface area contributed by atoms with Crippen LogP contribution in [0, 0.1) is 19.8 Å². The molecule has 1 aromatic heterocycles. The second kappa shape index (κ2) is 8.39. The second-order valence-corrected chi connectivity index (χ2v) is 8.14. The molecule has 1 aliphatic carbocycles. The lowest BCUT2D eigenvalue weighted by Crippen LogP contribution is -2.03. The van der Waals surface area contributed by atoms with Gasteiger partial charge in [0, 0.05) is 27.9 Å². The Bertz CT molecular complexity index is 876. The third-order valence-corrected chi connectivity index (χ3v) is 6.48. The van der Waals surface area contributed by atoms with Crippen molar-refractivity contribution in [1.82, 2.24) is 4.98 Å². The van der Waals surface area contributed by atoms with Crippen molar-refractivity contribution in [1.29, 1.82) is 0 Å². The van der Waals surface area contributed by atoms with E-state index in [1.807, 2.05) is 13.0 Å². The van der Waals surface area contributed by atoms with Gasteiger partial charge < -0.3 is 0 Å². The number of aliphatic imine (C=N–C) groups is 1. The number of halogens is 1. The molecule has 0 aliphatic heterocycles. The molecule has 2 nitrogen and oxygen atoms in total. The minimum Gasteiger partial charge on any atom is -0.264 e. The van der Waals surface area contributed by atoms with Crippen molar-refractivity contribution < 1.29 is 0 Å². The predicted molar refractivity (Wildman–Crippen MR) is 117 cm³/mol. The highest BCUT2D eigenvalue weighted by molar-refractivity contribution is 6.49. The lowest BCUT2D eigenvalue weighted by molar-refractivity contribution is 0.646. The molecule has 27 heavy (non-hydrogen) atoms. The van der Waals surface area contributed by atoms with E-state index in [0.717, 1.165) is 27.7 Å². The molecule has 1 aliphatic rings. The molecule has 1 unspecified atom stereocenters. The first-order chi connectivity index (χ1) is 12.9. The molecule has 0 amide bonds. The molecule has 142 valence electrons. The molecule has 0 N–H and O–H groups in total. The number of nitrogens with zero attached hydrogens (tertiary/aromatic N) is 2. The minimum atomic E-state index is 0.243. The third-order valence-electron chi connectivity index (χ3n) is 5.97. The van der Waals surface area contributed by atoms with Crippen LogP contribution in [0.4, 0.5) is 5.69 Å². The van der Waals surface area contributed by atoms with E-state index < -0.39 is 0 Å². The highest BCUT2D eigenvalue weighted by Crippen LogP contribution is 2.40. The van der Waals surface area contributed by atoms with E-state index in [1.54, 1.807) is 0 Å². The smallest absolute Gasteiger partial charge is 0.0709 e. The van der Waals surface area contributed by atoms with Gasteiger partial charge in [-0.25, -0.2) is 0 Å². The SMILES string of the molecule is C=Nc1ccc(C(C)c2ccc(C)nc2C)cc1/C(Cl)=C(\C)C1CCCC1. The Labute approximate surface area is 168 Å². The first-order valence-corrected chi connectivity index (χ1v) is 10.2. The van der Waals surface area contributed by atoms with Crippen LogP contribution in [-0.4, -0.2) is 11.7 Å². The van der Waals surface area contributed by atoms with E-state index in [2.05, 4.69) is 61.7 Å². The number of rotatable bonds is 5. The van der Waals surface area contributed by atoms with E-state index in [4.69, 9.17) is 11.6 Å². The molecule has 1 saturated carbocycles. The summed E-state index contributed by atoms with van der Waals surface area (Å²) in [4.78, 5) is 8.85. The molecule has 1 fully saturated rings. The van der Waals surface area contributed by atoms with E-state index in [1.165, 1.54) is 42.4 Å². The number of pyridine rings is 1. The summed E-state index contributed by atoms with van der Waals surface area (Å²) in [6.45, 7) is 12.3. The zero-order valence-corrected chi connectivity index (χ0v) is 17.6. The van der Waals surface area contributed by atoms with Crippen molar-refractivity contribution in [3.8, 4) is 0 Å². The molecule has 0 spiro atoms. The Kier molecular flexibility index (Phi) is 6.16. The summed E-state index contributed by atoms with van der Waals surface area (Å²) >= 11 is 6.87. The lowest BCUT2D eigenvalue weighted by atomic mass is 9.89. The molecule has 1 aromatic carbocycles. The van der Waals surface area contributed by atoms with Crippen LogP contribution in [0.1, 0.15) is 73.5 Å². The standard InChI is InChI=1S/C24H29ClN2/c1-15-10-12-21(18(4)27-15)16(2)20-11-13-23(26-5)22(14-20)24(25)17(3)19-8-6-7-9-19/h10-14,16,19H,5-9H2,1-4H3/b24-17-. The van der Waals surface area contributed by atoms with Crippen molar-refractivity contribution in [2.75, 3.05) is 0 Å². The number of allylic oxidation sites excluding steroid dienone is 1. The maximum atomic E-state index is 6.87. The summed E-state index contributed by atoms with van der Waals surface area (Å²) in [5.41, 5.74) is 7.75. The van der Waals surface area contributed by atoms with Crippen molar-refractivity contribution in [3.63, 3.8) is 0 Å². The second-order valence-electron chi connectivity index (χ2n) is 7.76. The first kappa shape index (κ1) is 19.8. The van der Waals surface area contributed by atoms with Gasteiger partial charge in [0.1, 0.15) is 0 Å². The predicted octanol–water partition coefficient (Wildman–Crippen LogP) is 7.34. The zero-order chi connectivity index (χ0) is 19.6. The van der Waals surface area contributed by atoms with Crippen LogP contribution in [-0.2, 0) is 0 Å². The van der Waals surface area contributed by atoms with Crippen LogP contribution in [0.2, 0.25) is 0 Å². The van der Waals surface area contributed by atoms with Crippen molar-refractivity contribution >= 4 is 29.0 Å². The quantitative estimate of drug-likeness (QED) is 0.498. The minimum absolute atomic E-state index is 0.243. The molecule has 0 radical (unpaired) electrons. The fourth-order valence-corrected chi connectivity index (χ4v) is 4.53. The summed E-state index contributed by atoms with van der Waals surface area (Å²) in [7, 11) is 0. The topological polar surface area (TPSA) is 25.2 Å². The summed E-state index contributed by atoms with van der Waals surface area (Å²) < 4.78 is 0. The fraction of sp³-hybridized carbons (Fsp3) is 0.417. The van der Waals surface area contributed by atoms with Gasteiger partial charge in [0.2, 0.25) is 0 Å². The van der Waals surface area contributed by atoms with Crippen LogP contribution in [0.15, 0.2) is 40.9 Å². The number of hydrogen-bond acceptors (Lipinski definition) is 2. The molecule has 3 heteroatoms. The Balaban J connectivity index is 2.02. The normalized spacial score (nSPS) is 16.9. The summed E-state index contributed by atoms with van der Waals surface area (Å²) in [6.07, 6.45) is 5.08. The van der Waals surface area contributed by atoms with Crippen LogP contribution >= 0.6 is 11.6 Å². The molecular formula is C24H29ClN2. The molecule has 0 saturated heterocycles. The van der Waals surface area contributed by atoms with Crippen molar-refractivity contribution in [2.45, 2.75) is 59.3 Å². The van der Waals surface area contributed by atoms with Gasteiger partial charge in [0.15, 0.2) is 0 Å². The maximum absolute atomic E-state index is 6.87. The van der Waals surface area contributed by atoms with E-state index in [-0.39, 0.29) is 5.92 Å². The number of hydrogen-bond donors (Lipinski definition) is 0. The molecule has 1 heterocycles. The number of aryl methyl sites for hydroxylation is 2. The van der Waals surface area contributed by atoms with Gasteiger partial charge in [-0.05, 0) is 75.6 Å². The molecule has 3 rings (SSSR count). The Morgan fingerprint density at radius 1 is 1.19 bits per heavy atom. The average molecular weight is 381 g/mol. The third kappa shape index (κ3) is 4.16. The molecule has 0 bridgehead atoms. The van der Waals surface area contributed by atoms with Gasteiger partial charge in [-0.3, -0.25) is 9.98 Å². The van der Waals surface area contributed by atoms with Gasteiger partial charge in [-0.2, -0.15) is 0 Å². The molecular weight excluding hydrogens is 352 g/mol. The summed E-state index contributed by atoms with van der Waals surface area (Å²) in [5, 5.41) is 0.845. The van der Waals surface area contributed by atoms with Gasteiger partial charge in [-0.15, -0.1) is 0 Å². The number of aromatic nitrogens is 1. The van der Waals surface area contributed by atoms with Crippen LogP contribution < -0.4 is 0 Å². The van der Waals surface area contributed by atoms with Crippen LogP contribution in [0.5, 0.6) is 0 Å². The monoisotopic (exact) mass is 380 g/mol. The lowest BCUT2D eigenvalue weighted by Gasteiger charge is -2.19. The first-order valence-electron chi connectivity index (χ1n) is 9.83. The van der Waals surface area contributed by atoms with Crippen molar-refractivity contribution in [2.24, 2.45) is 10.9 Å². The summed E-state index contributed by atoms with van der Waals surface area (Å²) in [6, 6.07) is 10.6. The van der Waals surface area contributed by atoms with E-state index in [9.17, 15) is 0 Å². The highest BCUT2D eigenvalue weighted by Gasteiger charge is 2.21. The largest absolute Gasteiger partial charge is 0.264 e. The Morgan fingerprint density at radius 3 is 2.52 bits per heavy atom. The number of benzene rings is 1. The molecule has 2 aromatic rings. The van der Waals surface area contributed by atoms with E-state index in [0.29, 0.717) is 5.92 Å². The maximum Gasteiger partial charge on any atom is 0.0709 e. The summed E-state index contributed by atoms with van der Waals surface area (Å²) in [5.74, 6) is 0.840. The van der Waals surface area contributed by atoms with Gasteiger partial charge >= 0.3 is 0 Å². The highest BCUT2D eigenvalue weighted by atomic mass is 35.5. The zero-order valence-electron chi connectivity index (χ0n) is 16.8. The fourth-order valence-electron chi connectivity index (χ4n) is 4.22. The van der Waals surface area contributed by atoms with Crippen LogP contribution in [0.25, 0.3) is 5.03 Å². The average Bonchev–Trinajstić information content (AvgIpc) is 3.20. The molecule has 1 atom stereocenters. The van der Waals surface area contributed by atoms with E-state index >= 15 is 0 Å². The van der Waals surface area contributed by atoms with Gasteiger partial charge in [0.25, 0.3) is 0 Å². The van der Waals surface area contributed by atoms with Gasteiger partial charge in [0.05, 0.1) is 5.69 Å².